The van der Waals surface area contributed by atoms with E-state index < -0.39 is 5.92 Å². The Morgan fingerprint density at radius 3 is 2.61 bits per heavy atom. The molecule has 0 bridgehead atoms. The highest BCUT2D eigenvalue weighted by Gasteiger charge is 2.43. The Morgan fingerprint density at radius 2 is 1.94 bits per heavy atom. The van der Waals surface area contributed by atoms with E-state index in [4.69, 9.17) is 15.2 Å². The normalized spacial score (nSPS) is 18.8. The third-order valence-electron chi connectivity index (χ3n) is 6.46. The predicted octanol–water partition coefficient (Wildman–Crippen LogP) is 5.53. The Morgan fingerprint density at radius 1 is 1.25 bits per heavy atom. The second-order valence-electron chi connectivity index (χ2n) is 9.99. The third-order valence-corrected chi connectivity index (χ3v) is 6.96. The molecule has 2 aromatic rings. The summed E-state index contributed by atoms with van der Waals surface area (Å²) in [4.78, 5) is 26.1. The van der Waals surface area contributed by atoms with E-state index in [1.807, 2.05) is 45.9 Å². The number of nitrogens with two attached hydrogens (primary N) is 1. The number of ether oxygens (including phenoxy) is 2. The highest BCUT2D eigenvalue weighted by atomic mass is 79.9. The number of hydrogen-bond donors (Lipinski definition) is 2. The zero-order chi connectivity index (χ0) is 26.2. The van der Waals surface area contributed by atoms with E-state index in [1.54, 1.807) is 18.2 Å². The number of Topliss-reactive ketones (excluding diaryl/α,β-unsaturated/α-hetero) is 1. The molecule has 186 valence electrons. The van der Waals surface area contributed by atoms with Crippen molar-refractivity contribution >= 4 is 33.3 Å². The van der Waals surface area contributed by atoms with Gasteiger partial charge in [-0.25, -0.2) is 0 Å². The number of benzene rings is 2. The lowest BCUT2D eigenvalue weighted by molar-refractivity contribution is -0.119. The van der Waals surface area contributed by atoms with E-state index in [0.29, 0.717) is 35.5 Å². The molecule has 1 aliphatic carbocycles. The molecule has 1 atom stereocenters. The number of halogens is 1. The van der Waals surface area contributed by atoms with Gasteiger partial charge < -0.3 is 20.5 Å². The molecular weight excluding hydrogens is 522 g/mol. The zero-order valence-corrected chi connectivity index (χ0v) is 22.3. The number of amides is 1. The maximum absolute atomic E-state index is 13.3. The summed E-state index contributed by atoms with van der Waals surface area (Å²) < 4.78 is 12.5. The van der Waals surface area contributed by atoms with Crippen molar-refractivity contribution in [3.05, 3.63) is 80.3 Å². The highest BCUT2D eigenvalue weighted by molar-refractivity contribution is 9.10. The highest BCUT2D eigenvalue weighted by Crippen LogP contribution is 2.49. The van der Waals surface area contributed by atoms with E-state index in [2.05, 4.69) is 27.3 Å². The number of rotatable bonds is 5. The monoisotopic (exact) mass is 549 g/mol. The van der Waals surface area contributed by atoms with Gasteiger partial charge in [0, 0.05) is 34.1 Å². The van der Waals surface area contributed by atoms with Gasteiger partial charge in [-0.2, -0.15) is 5.26 Å². The lowest BCUT2D eigenvalue weighted by Crippen LogP contribution is -2.33. The van der Waals surface area contributed by atoms with E-state index in [-0.39, 0.29) is 35.2 Å². The molecule has 1 heterocycles. The number of nitrogens with one attached hydrogen (secondary N) is 1. The van der Waals surface area contributed by atoms with Gasteiger partial charge in [-0.05, 0) is 48.6 Å². The van der Waals surface area contributed by atoms with Crippen LogP contribution in [0.3, 0.4) is 0 Å². The molecule has 4 rings (SSSR count). The molecule has 1 unspecified atom stereocenters. The molecule has 8 heteroatoms. The van der Waals surface area contributed by atoms with Crippen molar-refractivity contribution in [2.24, 2.45) is 11.1 Å². The predicted molar refractivity (Wildman–Crippen MR) is 140 cm³/mol. The number of carbonyl (C=O) groups excluding carboxylic acids is 2. The molecule has 1 amide bonds. The Labute approximate surface area is 219 Å². The first-order valence-corrected chi connectivity index (χ1v) is 12.4. The van der Waals surface area contributed by atoms with Crippen LogP contribution in [-0.2, 0) is 14.3 Å². The summed E-state index contributed by atoms with van der Waals surface area (Å²) in [5.74, 6) is -0.324. The van der Waals surface area contributed by atoms with Gasteiger partial charge >= 0.3 is 0 Å². The van der Waals surface area contributed by atoms with E-state index in [1.165, 1.54) is 0 Å². The average molecular weight is 550 g/mol. The molecule has 0 radical (unpaired) electrons. The molecule has 0 fully saturated rings. The number of aryl methyl sites for hydroxylation is 2. The number of para-hydroxylation sites is 1. The van der Waals surface area contributed by atoms with Gasteiger partial charge in [0.25, 0.3) is 5.91 Å². The van der Waals surface area contributed by atoms with Crippen LogP contribution < -0.4 is 15.8 Å². The first kappa shape index (κ1) is 25.5. The third kappa shape index (κ3) is 5.02. The number of ketones is 1. The van der Waals surface area contributed by atoms with Crippen LogP contribution in [0.15, 0.2) is 63.7 Å². The second kappa shape index (κ2) is 9.82. The van der Waals surface area contributed by atoms with Crippen LogP contribution in [0.4, 0.5) is 5.69 Å². The van der Waals surface area contributed by atoms with Crippen LogP contribution in [0.25, 0.3) is 0 Å². The number of nitrogens with zero attached hydrogens (tertiary/aromatic N) is 1. The topological polar surface area (TPSA) is 114 Å². The van der Waals surface area contributed by atoms with E-state index >= 15 is 0 Å². The number of carbonyl (C=O) groups is 2. The minimum atomic E-state index is -0.753. The second-order valence-corrected chi connectivity index (χ2v) is 10.9. The number of anilines is 1. The summed E-state index contributed by atoms with van der Waals surface area (Å²) in [5, 5.41) is 12.9. The first-order chi connectivity index (χ1) is 17.0. The molecule has 1 aliphatic heterocycles. The fourth-order valence-corrected chi connectivity index (χ4v) is 5.18. The minimum Gasteiger partial charge on any atom is -0.483 e. The maximum atomic E-state index is 13.3. The van der Waals surface area contributed by atoms with E-state index in [9.17, 15) is 14.9 Å². The number of allylic oxidation sites excluding steroid dienone is 3. The largest absolute Gasteiger partial charge is 0.483 e. The Kier molecular flexibility index (Phi) is 6.96. The van der Waals surface area contributed by atoms with Crippen molar-refractivity contribution < 1.29 is 19.1 Å². The summed E-state index contributed by atoms with van der Waals surface area (Å²) >= 11 is 3.48. The van der Waals surface area contributed by atoms with Crippen molar-refractivity contribution in [2.75, 3.05) is 11.9 Å². The molecule has 0 saturated heterocycles. The van der Waals surface area contributed by atoms with Crippen molar-refractivity contribution in [1.82, 2.24) is 0 Å². The summed E-state index contributed by atoms with van der Waals surface area (Å²) in [6, 6.07) is 13.2. The van der Waals surface area contributed by atoms with Crippen LogP contribution in [0, 0.1) is 30.6 Å². The zero-order valence-electron chi connectivity index (χ0n) is 20.7. The van der Waals surface area contributed by atoms with Crippen molar-refractivity contribution in [2.45, 2.75) is 46.5 Å². The van der Waals surface area contributed by atoms with Gasteiger partial charge in [0.15, 0.2) is 12.4 Å². The van der Waals surface area contributed by atoms with Crippen molar-refractivity contribution in [3.8, 4) is 11.8 Å². The molecule has 3 N–H and O–H groups in total. The molecule has 2 aromatic carbocycles. The average Bonchev–Trinajstić information content (AvgIpc) is 2.79. The van der Waals surface area contributed by atoms with Gasteiger partial charge in [-0.15, -0.1) is 0 Å². The van der Waals surface area contributed by atoms with Crippen LogP contribution >= 0.6 is 15.9 Å². The fourth-order valence-electron chi connectivity index (χ4n) is 4.80. The van der Waals surface area contributed by atoms with Gasteiger partial charge in [-0.1, -0.05) is 48.0 Å². The molecule has 0 saturated carbocycles. The lowest BCUT2D eigenvalue weighted by atomic mass is 9.70. The van der Waals surface area contributed by atoms with Gasteiger partial charge in [-0.3, -0.25) is 9.59 Å². The Bertz CT molecular complexity index is 1350. The molecular formula is C28H28BrN3O4. The lowest BCUT2D eigenvalue weighted by Gasteiger charge is -2.37. The smallest absolute Gasteiger partial charge is 0.262 e. The first-order valence-electron chi connectivity index (χ1n) is 11.6. The van der Waals surface area contributed by atoms with Crippen LogP contribution in [0.5, 0.6) is 5.75 Å². The van der Waals surface area contributed by atoms with Crippen LogP contribution in [0.1, 0.15) is 49.3 Å². The molecule has 7 nitrogen and oxygen atoms in total. The summed E-state index contributed by atoms with van der Waals surface area (Å²) in [7, 11) is 0. The Balaban J connectivity index is 1.69. The minimum absolute atomic E-state index is 0.0227. The summed E-state index contributed by atoms with van der Waals surface area (Å²) in [6.45, 7) is 7.59. The van der Waals surface area contributed by atoms with Gasteiger partial charge in [0.2, 0.25) is 5.88 Å². The van der Waals surface area contributed by atoms with Crippen LogP contribution in [0.2, 0.25) is 0 Å². The maximum Gasteiger partial charge on any atom is 0.262 e. The SMILES string of the molecule is Cc1cccc(C)c1NC(=O)COc1ccc(Br)cc1C1C(C#N)=C(N)OC2=C1C(=O)CC(C)(C)C2. The molecule has 2 aliphatic rings. The van der Waals surface area contributed by atoms with Gasteiger partial charge in [0.05, 0.1) is 5.92 Å². The number of hydrogen-bond acceptors (Lipinski definition) is 6. The summed E-state index contributed by atoms with van der Waals surface area (Å²) in [6.07, 6.45) is 0.846. The number of nitriles is 1. The van der Waals surface area contributed by atoms with Crippen molar-refractivity contribution in [1.29, 1.82) is 5.26 Å². The van der Waals surface area contributed by atoms with Crippen molar-refractivity contribution in [3.63, 3.8) is 0 Å². The molecule has 36 heavy (non-hydrogen) atoms. The molecule has 0 spiro atoms. The fraction of sp³-hybridized carbons (Fsp3) is 0.321. The molecule has 0 aromatic heterocycles. The summed E-state index contributed by atoms with van der Waals surface area (Å²) in [5.41, 5.74) is 9.65. The quantitative estimate of drug-likeness (QED) is 0.506. The Hall–Kier alpha value is -3.57. The van der Waals surface area contributed by atoms with Crippen LogP contribution in [-0.4, -0.2) is 18.3 Å². The van der Waals surface area contributed by atoms with E-state index in [0.717, 1.165) is 21.3 Å². The standard InChI is InChI=1S/C28H28BrN3O4/c1-15-6-5-7-16(2)26(15)32-23(34)14-35-21-9-8-17(29)10-18(21)24-19(13-30)27(31)36-22-12-28(3,4)11-20(33)25(22)24/h5-10,24H,11-12,14,31H2,1-4H3,(H,32,34). The van der Waals surface area contributed by atoms with Gasteiger partial charge in [0.1, 0.15) is 23.2 Å².